The van der Waals surface area contributed by atoms with E-state index in [0.717, 1.165) is 12.0 Å². The SMILES string of the molecule is c1ccc(Oc2cccc(Oc3cccc(C4=N[C@H]5c6ccccc6C[C@H]5O4)c3)c2)nc1. The molecule has 2 heterocycles. The predicted octanol–water partition coefficient (Wildman–Crippen LogP) is 6.11. The maximum Gasteiger partial charge on any atom is 0.219 e. The Bertz CT molecular complexity index is 1300. The molecule has 2 atom stereocenters. The van der Waals surface area contributed by atoms with Crippen molar-refractivity contribution in [3.8, 4) is 23.1 Å². The topological polar surface area (TPSA) is 52.9 Å². The number of nitrogens with zero attached hydrogens (tertiary/aromatic N) is 2. The van der Waals surface area contributed by atoms with E-state index in [9.17, 15) is 0 Å². The zero-order valence-corrected chi connectivity index (χ0v) is 17.2. The summed E-state index contributed by atoms with van der Waals surface area (Å²) in [6.45, 7) is 0. The Morgan fingerprint density at radius 3 is 2.41 bits per heavy atom. The van der Waals surface area contributed by atoms with E-state index in [0.29, 0.717) is 29.0 Å². The van der Waals surface area contributed by atoms with Crippen LogP contribution in [0.4, 0.5) is 0 Å². The van der Waals surface area contributed by atoms with Gasteiger partial charge in [-0.25, -0.2) is 9.98 Å². The summed E-state index contributed by atoms with van der Waals surface area (Å²) in [5.74, 6) is 3.26. The highest BCUT2D eigenvalue weighted by Crippen LogP contribution is 2.41. The highest BCUT2D eigenvalue weighted by atomic mass is 16.5. The molecule has 0 amide bonds. The second kappa shape index (κ2) is 7.85. The van der Waals surface area contributed by atoms with Gasteiger partial charge in [-0.05, 0) is 47.5 Å². The predicted molar refractivity (Wildman–Crippen MR) is 122 cm³/mol. The number of ether oxygens (including phenoxy) is 3. The third-order valence-corrected chi connectivity index (χ3v) is 5.65. The van der Waals surface area contributed by atoms with Gasteiger partial charge in [0.1, 0.15) is 29.4 Å². The third-order valence-electron chi connectivity index (χ3n) is 5.65. The number of benzene rings is 3. The van der Waals surface area contributed by atoms with Crippen molar-refractivity contribution < 1.29 is 14.2 Å². The Balaban J connectivity index is 1.21. The minimum atomic E-state index is 0.0752. The molecule has 156 valence electrons. The molecule has 2 aliphatic rings. The number of rotatable bonds is 5. The molecule has 0 bridgehead atoms. The van der Waals surface area contributed by atoms with Crippen LogP contribution in [0, 0.1) is 0 Å². The largest absolute Gasteiger partial charge is 0.471 e. The number of aromatic nitrogens is 1. The molecule has 5 nitrogen and oxygen atoms in total. The molecule has 0 fully saturated rings. The van der Waals surface area contributed by atoms with Crippen LogP contribution in [0.2, 0.25) is 0 Å². The summed E-state index contributed by atoms with van der Waals surface area (Å²) < 4.78 is 18.1. The number of hydrogen-bond acceptors (Lipinski definition) is 5. The number of hydrogen-bond donors (Lipinski definition) is 0. The summed E-state index contributed by atoms with van der Waals surface area (Å²) in [6.07, 6.45) is 2.67. The Hall–Kier alpha value is -4.12. The Labute approximate surface area is 186 Å². The molecule has 0 saturated carbocycles. The molecule has 0 spiro atoms. The normalized spacial score (nSPS) is 18.3. The molecule has 32 heavy (non-hydrogen) atoms. The lowest BCUT2D eigenvalue weighted by Gasteiger charge is -2.11. The molecule has 5 heteroatoms. The first-order valence-corrected chi connectivity index (χ1v) is 10.6. The van der Waals surface area contributed by atoms with Crippen molar-refractivity contribution in [1.82, 2.24) is 4.98 Å². The highest BCUT2D eigenvalue weighted by Gasteiger charge is 2.39. The standard InChI is InChI=1S/C27H20N2O3/c1-2-12-23-18(7-1)16-24-26(23)29-27(32-24)19-8-5-9-20(15-19)30-21-10-6-11-22(17-21)31-25-13-3-4-14-28-25/h1-15,17,24,26H,16H2/t24-,26+/m1/s1. The van der Waals surface area contributed by atoms with Gasteiger partial charge in [0, 0.05) is 30.3 Å². The molecule has 1 aliphatic heterocycles. The maximum atomic E-state index is 6.21. The molecule has 0 radical (unpaired) electrons. The summed E-state index contributed by atoms with van der Waals surface area (Å²) >= 11 is 0. The average Bonchev–Trinajstić information content (AvgIpc) is 3.39. The fourth-order valence-electron chi connectivity index (χ4n) is 4.20. The fourth-order valence-corrected chi connectivity index (χ4v) is 4.20. The summed E-state index contributed by atoms with van der Waals surface area (Å²) in [7, 11) is 0. The van der Waals surface area contributed by atoms with E-state index in [-0.39, 0.29) is 12.1 Å². The fraction of sp³-hybridized carbons (Fsp3) is 0.111. The lowest BCUT2D eigenvalue weighted by atomic mass is 10.1. The van der Waals surface area contributed by atoms with Gasteiger partial charge in [-0.1, -0.05) is 42.5 Å². The van der Waals surface area contributed by atoms with Crippen LogP contribution in [0.3, 0.4) is 0 Å². The Morgan fingerprint density at radius 2 is 1.53 bits per heavy atom. The second-order valence-electron chi connectivity index (χ2n) is 7.81. The van der Waals surface area contributed by atoms with Crippen molar-refractivity contribution >= 4 is 5.90 Å². The summed E-state index contributed by atoms with van der Waals surface area (Å²) in [5, 5.41) is 0. The Kier molecular flexibility index (Phi) is 4.57. The van der Waals surface area contributed by atoms with E-state index in [1.165, 1.54) is 11.1 Å². The van der Waals surface area contributed by atoms with Crippen LogP contribution in [-0.4, -0.2) is 17.0 Å². The zero-order valence-electron chi connectivity index (χ0n) is 17.2. The maximum absolute atomic E-state index is 6.21. The van der Waals surface area contributed by atoms with Crippen molar-refractivity contribution in [2.75, 3.05) is 0 Å². The summed E-state index contributed by atoms with van der Waals surface area (Å²) in [6, 6.07) is 29.4. The van der Waals surface area contributed by atoms with E-state index in [4.69, 9.17) is 19.2 Å². The van der Waals surface area contributed by atoms with E-state index < -0.39 is 0 Å². The molecule has 3 aromatic carbocycles. The zero-order chi connectivity index (χ0) is 21.3. The van der Waals surface area contributed by atoms with Crippen molar-refractivity contribution in [3.05, 3.63) is 114 Å². The van der Waals surface area contributed by atoms with Crippen LogP contribution < -0.4 is 9.47 Å². The highest BCUT2D eigenvalue weighted by molar-refractivity contribution is 5.96. The third kappa shape index (κ3) is 3.58. The van der Waals surface area contributed by atoms with E-state index in [1.54, 1.807) is 6.20 Å². The summed E-state index contributed by atoms with van der Waals surface area (Å²) in [5.41, 5.74) is 3.51. The molecule has 0 unspecified atom stereocenters. The van der Waals surface area contributed by atoms with Gasteiger partial charge in [0.15, 0.2) is 0 Å². The van der Waals surface area contributed by atoms with Crippen LogP contribution >= 0.6 is 0 Å². The second-order valence-corrected chi connectivity index (χ2v) is 7.81. The first-order valence-electron chi connectivity index (χ1n) is 10.6. The number of aliphatic imine (C=N–C) groups is 1. The van der Waals surface area contributed by atoms with Crippen molar-refractivity contribution in [2.24, 2.45) is 4.99 Å². The number of pyridine rings is 1. The van der Waals surface area contributed by atoms with Gasteiger partial charge in [-0.3, -0.25) is 0 Å². The molecule has 0 N–H and O–H groups in total. The molecular weight excluding hydrogens is 400 g/mol. The smallest absolute Gasteiger partial charge is 0.219 e. The molecular formula is C27H20N2O3. The van der Waals surface area contributed by atoms with Gasteiger partial charge < -0.3 is 14.2 Å². The van der Waals surface area contributed by atoms with Gasteiger partial charge in [-0.15, -0.1) is 0 Å². The minimum Gasteiger partial charge on any atom is -0.471 e. The van der Waals surface area contributed by atoms with Gasteiger partial charge in [0.25, 0.3) is 0 Å². The molecule has 1 aliphatic carbocycles. The molecule has 6 rings (SSSR count). The lowest BCUT2D eigenvalue weighted by Crippen LogP contribution is -2.13. The monoisotopic (exact) mass is 420 g/mol. The number of fused-ring (bicyclic) bond motifs is 3. The summed E-state index contributed by atoms with van der Waals surface area (Å²) in [4.78, 5) is 9.07. The van der Waals surface area contributed by atoms with Crippen LogP contribution in [0.1, 0.15) is 22.7 Å². The van der Waals surface area contributed by atoms with Gasteiger partial charge >= 0.3 is 0 Å². The van der Waals surface area contributed by atoms with Crippen LogP contribution in [-0.2, 0) is 11.2 Å². The van der Waals surface area contributed by atoms with Gasteiger partial charge in [0.05, 0.1) is 0 Å². The first kappa shape index (κ1) is 18.6. The van der Waals surface area contributed by atoms with E-state index in [1.807, 2.05) is 66.7 Å². The minimum absolute atomic E-state index is 0.0752. The average molecular weight is 420 g/mol. The van der Waals surface area contributed by atoms with Gasteiger partial charge in [0.2, 0.25) is 11.8 Å². The van der Waals surface area contributed by atoms with Crippen LogP contribution in [0.15, 0.2) is 102 Å². The molecule has 4 aromatic rings. The van der Waals surface area contributed by atoms with Crippen LogP contribution in [0.5, 0.6) is 23.1 Å². The molecule has 1 aromatic heterocycles. The van der Waals surface area contributed by atoms with Crippen molar-refractivity contribution in [2.45, 2.75) is 18.6 Å². The first-order chi connectivity index (χ1) is 15.8. The van der Waals surface area contributed by atoms with E-state index >= 15 is 0 Å². The van der Waals surface area contributed by atoms with Crippen molar-refractivity contribution in [1.29, 1.82) is 0 Å². The molecule has 0 saturated heterocycles. The van der Waals surface area contributed by atoms with Crippen LogP contribution in [0.25, 0.3) is 0 Å². The van der Waals surface area contributed by atoms with Gasteiger partial charge in [-0.2, -0.15) is 0 Å². The Morgan fingerprint density at radius 1 is 0.750 bits per heavy atom. The quantitative estimate of drug-likeness (QED) is 0.391. The van der Waals surface area contributed by atoms with E-state index in [2.05, 4.69) is 29.2 Å². The van der Waals surface area contributed by atoms with Crippen molar-refractivity contribution in [3.63, 3.8) is 0 Å². The lowest BCUT2D eigenvalue weighted by molar-refractivity contribution is 0.206.